The Morgan fingerprint density at radius 3 is 2.19 bits per heavy atom. The van der Waals surface area contributed by atoms with Gasteiger partial charge in [0, 0.05) is 18.4 Å². The van der Waals surface area contributed by atoms with E-state index in [2.05, 4.69) is 10.6 Å². The van der Waals surface area contributed by atoms with Crippen molar-refractivity contribution in [1.29, 1.82) is 0 Å². The molecule has 0 spiro atoms. The molecule has 144 valence electrons. The number of ether oxygens (including phenoxy) is 1. The van der Waals surface area contributed by atoms with Gasteiger partial charge in [-0.2, -0.15) is 0 Å². The molecule has 2 rings (SSSR count). The van der Waals surface area contributed by atoms with Crippen LogP contribution >= 0.6 is 0 Å². The van der Waals surface area contributed by atoms with Crippen LogP contribution in [0.2, 0.25) is 0 Å². The number of nitrogens with one attached hydrogen (secondary N) is 2. The SMILES string of the molecule is CCCNC(=O)[C@@H]1CCCC[C@@H]1C(=O)NC(C)(C)c1ccc(OC)cc1. The van der Waals surface area contributed by atoms with E-state index in [1.165, 1.54) is 0 Å². The second-order valence-corrected chi connectivity index (χ2v) is 7.63. The Bertz CT molecular complexity index is 610. The Kier molecular flexibility index (Phi) is 7.06. The second-order valence-electron chi connectivity index (χ2n) is 7.63. The molecule has 26 heavy (non-hydrogen) atoms. The molecule has 0 saturated heterocycles. The number of carbonyl (C=O) groups excluding carboxylic acids is 2. The minimum absolute atomic E-state index is 0.0222. The van der Waals surface area contributed by atoms with Crippen LogP contribution in [0.5, 0.6) is 5.75 Å². The van der Waals surface area contributed by atoms with Crippen LogP contribution in [0.15, 0.2) is 24.3 Å². The van der Waals surface area contributed by atoms with Crippen molar-refractivity contribution in [3.05, 3.63) is 29.8 Å². The zero-order valence-electron chi connectivity index (χ0n) is 16.4. The zero-order valence-corrected chi connectivity index (χ0v) is 16.4. The first-order valence-electron chi connectivity index (χ1n) is 9.63. The summed E-state index contributed by atoms with van der Waals surface area (Å²) in [4.78, 5) is 25.5. The fraction of sp³-hybridized carbons (Fsp3) is 0.619. The second kappa shape index (κ2) is 9.06. The maximum atomic E-state index is 13.0. The predicted octanol–water partition coefficient (Wildman–Crippen LogP) is 3.38. The maximum absolute atomic E-state index is 13.0. The molecule has 0 radical (unpaired) electrons. The molecule has 1 saturated carbocycles. The standard InChI is InChI=1S/C21H32N2O3/c1-5-14-22-19(24)17-8-6-7-9-18(17)20(25)23-21(2,3)15-10-12-16(26-4)13-11-15/h10-13,17-18H,5-9,14H2,1-4H3,(H,22,24)(H,23,25)/t17-,18+/m1/s1. The largest absolute Gasteiger partial charge is 0.497 e. The summed E-state index contributed by atoms with van der Waals surface area (Å²) >= 11 is 0. The molecule has 0 aliphatic heterocycles. The summed E-state index contributed by atoms with van der Waals surface area (Å²) in [5.41, 5.74) is 0.500. The quantitative estimate of drug-likeness (QED) is 0.783. The van der Waals surface area contributed by atoms with Crippen LogP contribution in [0.25, 0.3) is 0 Å². The third-order valence-corrected chi connectivity index (χ3v) is 5.24. The lowest BCUT2D eigenvalue weighted by atomic mass is 9.77. The molecule has 2 amide bonds. The van der Waals surface area contributed by atoms with Gasteiger partial charge >= 0.3 is 0 Å². The zero-order chi connectivity index (χ0) is 19.2. The molecule has 1 aliphatic carbocycles. The number of carbonyl (C=O) groups is 2. The number of amides is 2. The molecule has 2 atom stereocenters. The highest BCUT2D eigenvalue weighted by Crippen LogP contribution is 2.32. The average Bonchev–Trinajstić information content (AvgIpc) is 2.65. The molecule has 1 aromatic rings. The molecule has 2 N–H and O–H groups in total. The van der Waals surface area contributed by atoms with Gasteiger partial charge in [-0.15, -0.1) is 0 Å². The van der Waals surface area contributed by atoms with Crippen LogP contribution in [0.3, 0.4) is 0 Å². The van der Waals surface area contributed by atoms with Gasteiger partial charge in [-0.05, 0) is 50.8 Å². The summed E-state index contributed by atoms with van der Waals surface area (Å²) in [6, 6.07) is 7.71. The molecule has 1 aliphatic rings. The smallest absolute Gasteiger partial charge is 0.224 e. The molecule has 0 heterocycles. The van der Waals surface area contributed by atoms with Gasteiger partial charge in [0.05, 0.1) is 12.6 Å². The Balaban J connectivity index is 2.08. The van der Waals surface area contributed by atoms with E-state index in [1.54, 1.807) is 7.11 Å². The van der Waals surface area contributed by atoms with Crippen molar-refractivity contribution in [2.24, 2.45) is 11.8 Å². The van der Waals surface area contributed by atoms with Gasteiger partial charge in [0.25, 0.3) is 0 Å². The van der Waals surface area contributed by atoms with Crippen molar-refractivity contribution in [2.45, 2.75) is 58.4 Å². The third kappa shape index (κ3) is 4.99. The lowest BCUT2D eigenvalue weighted by Gasteiger charge is -2.34. The molecular formula is C21H32N2O3. The van der Waals surface area contributed by atoms with Crippen molar-refractivity contribution in [2.75, 3.05) is 13.7 Å². The molecule has 0 bridgehead atoms. The van der Waals surface area contributed by atoms with Crippen molar-refractivity contribution in [1.82, 2.24) is 10.6 Å². The number of rotatable bonds is 7. The monoisotopic (exact) mass is 360 g/mol. The number of hydrogen-bond acceptors (Lipinski definition) is 3. The molecular weight excluding hydrogens is 328 g/mol. The fourth-order valence-corrected chi connectivity index (χ4v) is 3.62. The molecule has 1 fully saturated rings. The summed E-state index contributed by atoms with van der Waals surface area (Å²) < 4.78 is 5.20. The fourth-order valence-electron chi connectivity index (χ4n) is 3.62. The summed E-state index contributed by atoms with van der Waals surface area (Å²) in [7, 11) is 1.63. The van der Waals surface area contributed by atoms with Crippen LogP contribution in [0.1, 0.15) is 58.4 Å². The van der Waals surface area contributed by atoms with Crippen molar-refractivity contribution >= 4 is 11.8 Å². The molecule has 5 heteroatoms. The van der Waals surface area contributed by atoms with Gasteiger partial charge in [0.1, 0.15) is 5.75 Å². The highest BCUT2D eigenvalue weighted by atomic mass is 16.5. The maximum Gasteiger partial charge on any atom is 0.224 e. The van der Waals surface area contributed by atoms with E-state index in [0.717, 1.165) is 43.4 Å². The highest BCUT2D eigenvalue weighted by molar-refractivity contribution is 5.88. The first-order valence-corrected chi connectivity index (χ1v) is 9.63. The van der Waals surface area contributed by atoms with Crippen LogP contribution in [-0.4, -0.2) is 25.5 Å². The first-order chi connectivity index (χ1) is 12.4. The summed E-state index contributed by atoms with van der Waals surface area (Å²) in [6.45, 7) is 6.67. The summed E-state index contributed by atoms with van der Waals surface area (Å²) in [5, 5.41) is 6.12. The molecule has 1 aromatic carbocycles. The van der Waals surface area contributed by atoms with Crippen molar-refractivity contribution in [3.8, 4) is 5.75 Å². The van der Waals surface area contributed by atoms with Crippen molar-refractivity contribution in [3.63, 3.8) is 0 Å². The van der Waals surface area contributed by atoms with Gasteiger partial charge in [-0.25, -0.2) is 0 Å². The van der Waals surface area contributed by atoms with Gasteiger partial charge < -0.3 is 15.4 Å². The number of benzene rings is 1. The Hall–Kier alpha value is -2.04. The minimum atomic E-state index is -0.509. The van der Waals surface area contributed by atoms with Gasteiger partial charge in [0.2, 0.25) is 11.8 Å². The Labute approximate surface area is 156 Å². The van der Waals surface area contributed by atoms with E-state index >= 15 is 0 Å². The van der Waals surface area contributed by atoms with Crippen LogP contribution in [0, 0.1) is 11.8 Å². The van der Waals surface area contributed by atoms with E-state index < -0.39 is 5.54 Å². The third-order valence-electron chi connectivity index (χ3n) is 5.24. The normalized spacial score (nSPS) is 20.3. The van der Waals surface area contributed by atoms with Gasteiger partial charge in [-0.3, -0.25) is 9.59 Å². The summed E-state index contributed by atoms with van der Waals surface area (Å²) in [5.74, 6) is 0.312. The van der Waals surface area contributed by atoms with Gasteiger partial charge in [-0.1, -0.05) is 31.9 Å². The Morgan fingerprint density at radius 2 is 1.65 bits per heavy atom. The summed E-state index contributed by atoms with van der Waals surface area (Å²) in [6.07, 6.45) is 4.47. The molecule has 5 nitrogen and oxygen atoms in total. The predicted molar refractivity (Wildman–Crippen MR) is 103 cm³/mol. The van der Waals surface area contributed by atoms with E-state index in [0.29, 0.717) is 6.54 Å². The molecule has 0 aromatic heterocycles. The van der Waals surface area contributed by atoms with E-state index in [9.17, 15) is 9.59 Å². The van der Waals surface area contributed by atoms with Crippen LogP contribution < -0.4 is 15.4 Å². The van der Waals surface area contributed by atoms with Crippen LogP contribution in [0.4, 0.5) is 0 Å². The topological polar surface area (TPSA) is 67.4 Å². The van der Waals surface area contributed by atoms with Gasteiger partial charge in [0.15, 0.2) is 0 Å². The Morgan fingerprint density at radius 1 is 1.08 bits per heavy atom. The first kappa shape index (κ1) is 20.3. The lowest BCUT2D eigenvalue weighted by molar-refractivity contribution is -0.137. The van der Waals surface area contributed by atoms with Crippen LogP contribution in [-0.2, 0) is 15.1 Å². The number of hydrogen-bond donors (Lipinski definition) is 2. The van der Waals surface area contributed by atoms with E-state index in [1.807, 2.05) is 45.0 Å². The van der Waals surface area contributed by atoms with E-state index in [-0.39, 0.29) is 23.7 Å². The van der Waals surface area contributed by atoms with Crippen molar-refractivity contribution < 1.29 is 14.3 Å². The van der Waals surface area contributed by atoms with E-state index in [4.69, 9.17) is 4.74 Å². The average molecular weight is 360 g/mol. The highest BCUT2D eigenvalue weighted by Gasteiger charge is 2.37. The minimum Gasteiger partial charge on any atom is -0.497 e. The number of methoxy groups -OCH3 is 1. The lowest BCUT2D eigenvalue weighted by Crippen LogP contribution is -2.49. The molecule has 0 unspecified atom stereocenters.